The number of benzene rings is 1. The van der Waals surface area contributed by atoms with Crippen molar-refractivity contribution in [2.24, 2.45) is 11.8 Å². The molecule has 2 atom stereocenters. The van der Waals surface area contributed by atoms with Gasteiger partial charge in [-0.25, -0.2) is 4.98 Å². The lowest BCUT2D eigenvalue weighted by molar-refractivity contribution is -0.132. The molecule has 2 fully saturated rings. The molecule has 5 nitrogen and oxygen atoms in total. The molecule has 2 aliphatic rings. The molecule has 6 heteroatoms. The molecule has 4 rings (SSSR count). The van der Waals surface area contributed by atoms with Crippen LogP contribution in [0.25, 0.3) is 0 Å². The highest BCUT2D eigenvalue weighted by molar-refractivity contribution is 7.09. The van der Waals surface area contributed by atoms with Gasteiger partial charge in [0.25, 0.3) is 0 Å². The summed E-state index contributed by atoms with van der Waals surface area (Å²) in [5.74, 6) is 1.45. The van der Waals surface area contributed by atoms with Crippen molar-refractivity contribution >= 4 is 17.2 Å². The van der Waals surface area contributed by atoms with Gasteiger partial charge in [0.15, 0.2) is 0 Å². The van der Waals surface area contributed by atoms with Crippen molar-refractivity contribution < 1.29 is 4.79 Å². The van der Waals surface area contributed by atoms with Crippen LogP contribution >= 0.6 is 11.3 Å². The van der Waals surface area contributed by atoms with Gasteiger partial charge in [-0.1, -0.05) is 30.3 Å². The highest BCUT2D eigenvalue weighted by atomic mass is 32.1. The van der Waals surface area contributed by atoms with Gasteiger partial charge in [-0.2, -0.15) is 0 Å². The first-order chi connectivity index (χ1) is 13.2. The Kier molecular flexibility index (Phi) is 5.86. The van der Waals surface area contributed by atoms with Crippen molar-refractivity contribution in [2.45, 2.75) is 38.6 Å². The normalized spacial score (nSPS) is 23.7. The van der Waals surface area contributed by atoms with Crippen LogP contribution in [0.5, 0.6) is 0 Å². The zero-order valence-corrected chi connectivity index (χ0v) is 16.7. The Balaban J connectivity index is 1.29. The van der Waals surface area contributed by atoms with Crippen LogP contribution in [0.2, 0.25) is 0 Å². The number of nitrogens with one attached hydrogen (secondary N) is 2. The van der Waals surface area contributed by atoms with Crippen LogP contribution < -0.4 is 10.9 Å². The highest BCUT2D eigenvalue weighted by Crippen LogP contribution is 2.29. The number of thiazole rings is 1. The van der Waals surface area contributed by atoms with Crippen molar-refractivity contribution in [3.05, 3.63) is 52.0 Å². The first kappa shape index (κ1) is 18.6. The van der Waals surface area contributed by atoms with Crippen LogP contribution in [0.1, 0.15) is 29.1 Å². The molecule has 3 heterocycles. The number of hydrazine groups is 1. The average Bonchev–Trinajstić information content (AvgIpc) is 3.31. The Morgan fingerprint density at radius 2 is 2.04 bits per heavy atom. The third-order valence-corrected chi connectivity index (χ3v) is 6.70. The molecule has 144 valence electrons. The van der Waals surface area contributed by atoms with Gasteiger partial charge in [0.05, 0.1) is 17.1 Å². The molecule has 0 bridgehead atoms. The second-order valence-corrected chi connectivity index (χ2v) is 8.82. The molecule has 0 saturated carbocycles. The summed E-state index contributed by atoms with van der Waals surface area (Å²) < 4.78 is 0. The van der Waals surface area contributed by atoms with E-state index in [-0.39, 0.29) is 5.91 Å². The molecule has 2 aromatic rings. The van der Waals surface area contributed by atoms with Crippen molar-refractivity contribution in [1.82, 2.24) is 20.7 Å². The smallest absolute Gasteiger partial charge is 0.228 e. The Morgan fingerprint density at radius 1 is 1.26 bits per heavy atom. The Morgan fingerprint density at radius 3 is 2.74 bits per heavy atom. The van der Waals surface area contributed by atoms with Crippen LogP contribution in [0.4, 0.5) is 0 Å². The van der Waals surface area contributed by atoms with Crippen LogP contribution in [0.3, 0.4) is 0 Å². The number of amides is 1. The fourth-order valence-corrected chi connectivity index (χ4v) is 5.05. The van der Waals surface area contributed by atoms with Gasteiger partial charge in [-0.3, -0.25) is 15.6 Å². The number of likely N-dealkylation sites (tertiary alicyclic amines) is 1. The van der Waals surface area contributed by atoms with Crippen LogP contribution in [-0.2, 0) is 17.6 Å². The van der Waals surface area contributed by atoms with E-state index in [0.717, 1.165) is 49.6 Å². The van der Waals surface area contributed by atoms with E-state index in [1.807, 2.05) is 17.2 Å². The third kappa shape index (κ3) is 4.57. The van der Waals surface area contributed by atoms with Gasteiger partial charge in [0.1, 0.15) is 0 Å². The summed E-state index contributed by atoms with van der Waals surface area (Å²) >= 11 is 1.61. The van der Waals surface area contributed by atoms with E-state index in [0.29, 0.717) is 24.3 Å². The van der Waals surface area contributed by atoms with Crippen LogP contribution in [0, 0.1) is 18.8 Å². The number of carbonyl (C=O) groups is 1. The van der Waals surface area contributed by atoms with Crippen molar-refractivity contribution in [3.8, 4) is 0 Å². The van der Waals surface area contributed by atoms with Gasteiger partial charge in [-0.05, 0) is 43.6 Å². The second-order valence-electron chi connectivity index (χ2n) is 7.75. The SMILES string of the molecule is Cc1nc(CC(=O)N2CCC(C3NNCC3Cc3ccccc3)CC2)cs1. The number of carbonyl (C=O) groups excluding carboxylic acids is 1. The fourth-order valence-electron chi connectivity index (χ4n) is 4.44. The van der Waals surface area contributed by atoms with Crippen LogP contribution in [-0.4, -0.2) is 41.5 Å². The molecular formula is C21H28N4OS. The van der Waals surface area contributed by atoms with E-state index in [2.05, 4.69) is 46.2 Å². The summed E-state index contributed by atoms with van der Waals surface area (Å²) in [7, 11) is 0. The molecule has 27 heavy (non-hydrogen) atoms. The molecule has 1 amide bonds. The molecule has 1 aromatic heterocycles. The Labute approximate surface area is 165 Å². The quantitative estimate of drug-likeness (QED) is 0.832. The van der Waals surface area contributed by atoms with Crippen molar-refractivity contribution in [1.29, 1.82) is 0 Å². The minimum Gasteiger partial charge on any atom is -0.342 e. The Hall–Kier alpha value is -1.76. The molecule has 2 saturated heterocycles. The largest absolute Gasteiger partial charge is 0.342 e. The van der Waals surface area contributed by atoms with Gasteiger partial charge < -0.3 is 4.90 Å². The average molecular weight is 385 g/mol. The van der Waals surface area contributed by atoms with E-state index in [9.17, 15) is 4.79 Å². The summed E-state index contributed by atoms with van der Waals surface area (Å²) in [6.45, 7) is 4.73. The summed E-state index contributed by atoms with van der Waals surface area (Å²) in [5, 5.41) is 3.03. The molecule has 0 spiro atoms. The number of aromatic nitrogens is 1. The zero-order chi connectivity index (χ0) is 18.6. The molecule has 0 aliphatic carbocycles. The van der Waals surface area contributed by atoms with Gasteiger partial charge in [-0.15, -0.1) is 11.3 Å². The standard InChI is InChI=1S/C21H28N4OS/c1-15-23-19(14-27-15)12-20(26)25-9-7-17(8-10-25)21-18(13-22-24-21)11-16-5-3-2-4-6-16/h2-6,14,17-18,21-22,24H,7-13H2,1H3. The van der Waals surface area contributed by atoms with Crippen molar-refractivity contribution in [3.63, 3.8) is 0 Å². The summed E-state index contributed by atoms with van der Waals surface area (Å²) in [4.78, 5) is 19.0. The predicted molar refractivity (Wildman–Crippen MR) is 108 cm³/mol. The summed E-state index contributed by atoms with van der Waals surface area (Å²) in [5.41, 5.74) is 9.21. The first-order valence-corrected chi connectivity index (χ1v) is 10.8. The summed E-state index contributed by atoms with van der Waals surface area (Å²) in [6, 6.07) is 11.2. The fraction of sp³-hybridized carbons (Fsp3) is 0.524. The second kappa shape index (κ2) is 8.50. The lowest BCUT2D eigenvalue weighted by Gasteiger charge is -2.36. The van der Waals surface area contributed by atoms with E-state index >= 15 is 0 Å². The predicted octanol–water partition coefficient (Wildman–Crippen LogP) is 2.57. The van der Waals surface area contributed by atoms with E-state index < -0.39 is 0 Å². The molecule has 2 N–H and O–H groups in total. The van der Waals surface area contributed by atoms with E-state index in [1.54, 1.807) is 11.3 Å². The van der Waals surface area contributed by atoms with E-state index in [4.69, 9.17) is 0 Å². The molecule has 2 aliphatic heterocycles. The van der Waals surface area contributed by atoms with Gasteiger partial charge in [0.2, 0.25) is 5.91 Å². The zero-order valence-electron chi connectivity index (χ0n) is 15.9. The lowest BCUT2D eigenvalue weighted by atomic mass is 9.81. The Bertz CT molecular complexity index is 755. The minimum absolute atomic E-state index is 0.220. The van der Waals surface area contributed by atoms with Gasteiger partial charge in [0, 0.05) is 31.1 Å². The highest BCUT2D eigenvalue weighted by Gasteiger charge is 2.36. The monoisotopic (exact) mass is 384 g/mol. The molecule has 0 radical (unpaired) electrons. The summed E-state index contributed by atoms with van der Waals surface area (Å²) in [6.07, 6.45) is 3.70. The first-order valence-electron chi connectivity index (χ1n) is 9.90. The molecular weight excluding hydrogens is 356 g/mol. The minimum atomic E-state index is 0.220. The number of piperidine rings is 1. The number of hydrogen-bond donors (Lipinski definition) is 2. The van der Waals surface area contributed by atoms with Crippen molar-refractivity contribution in [2.75, 3.05) is 19.6 Å². The maximum Gasteiger partial charge on any atom is 0.228 e. The maximum absolute atomic E-state index is 12.6. The lowest BCUT2D eigenvalue weighted by Crippen LogP contribution is -2.46. The van der Waals surface area contributed by atoms with Gasteiger partial charge >= 0.3 is 0 Å². The number of nitrogens with zero attached hydrogens (tertiary/aromatic N) is 2. The third-order valence-electron chi connectivity index (χ3n) is 5.88. The van der Waals surface area contributed by atoms with Crippen LogP contribution in [0.15, 0.2) is 35.7 Å². The number of rotatable bonds is 5. The molecule has 1 aromatic carbocycles. The number of hydrogen-bond acceptors (Lipinski definition) is 5. The number of aryl methyl sites for hydroxylation is 1. The topological polar surface area (TPSA) is 57.3 Å². The molecule has 2 unspecified atom stereocenters. The van der Waals surface area contributed by atoms with E-state index in [1.165, 1.54) is 5.56 Å². The maximum atomic E-state index is 12.6.